The second kappa shape index (κ2) is 7.16. The van der Waals surface area contributed by atoms with Gasteiger partial charge in [0.25, 0.3) is 0 Å². The molecule has 1 atom stereocenters. The third kappa shape index (κ3) is 4.13. The SMILES string of the molecule is CCc1ccc(-c2nc(C)c(C(O)CCN(C)C)s2)cc1. The summed E-state index contributed by atoms with van der Waals surface area (Å²) in [5, 5.41) is 11.3. The molecule has 21 heavy (non-hydrogen) atoms. The van der Waals surface area contributed by atoms with Crippen molar-refractivity contribution < 1.29 is 5.11 Å². The number of aliphatic hydroxyl groups is 1. The first kappa shape index (κ1) is 16.1. The van der Waals surface area contributed by atoms with E-state index in [4.69, 9.17) is 0 Å². The van der Waals surface area contributed by atoms with Gasteiger partial charge < -0.3 is 10.0 Å². The first-order valence-electron chi connectivity index (χ1n) is 7.40. The second-order valence-electron chi connectivity index (χ2n) is 5.63. The third-order valence-electron chi connectivity index (χ3n) is 3.59. The van der Waals surface area contributed by atoms with Crippen molar-refractivity contribution in [2.75, 3.05) is 20.6 Å². The van der Waals surface area contributed by atoms with Crippen LogP contribution in [0, 0.1) is 6.92 Å². The maximum atomic E-state index is 10.3. The zero-order valence-corrected chi connectivity index (χ0v) is 14.1. The summed E-state index contributed by atoms with van der Waals surface area (Å²) in [5.41, 5.74) is 3.41. The highest BCUT2D eigenvalue weighted by Gasteiger charge is 2.16. The molecule has 2 rings (SSSR count). The van der Waals surface area contributed by atoms with Gasteiger partial charge in [-0.2, -0.15) is 0 Å². The standard InChI is InChI=1S/C17H24N2OS/c1-5-13-6-8-14(9-7-13)17-18-12(2)16(21-17)15(20)10-11-19(3)4/h6-9,15,20H,5,10-11H2,1-4H3. The van der Waals surface area contributed by atoms with Crippen molar-refractivity contribution in [1.29, 1.82) is 0 Å². The molecule has 1 aromatic heterocycles. The Morgan fingerprint density at radius 2 is 1.90 bits per heavy atom. The number of rotatable bonds is 6. The minimum atomic E-state index is -0.423. The highest BCUT2D eigenvalue weighted by Crippen LogP contribution is 2.33. The summed E-state index contributed by atoms with van der Waals surface area (Å²) in [6, 6.07) is 8.53. The Labute approximate surface area is 131 Å². The molecule has 0 fully saturated rings. The van der Waals surface area contributed by atoms with Gasteiger partial charge in [0.1, 0.15) is 5.01 Å². The Kier molecular flexibility index (Phi) is 5.51. The number of aliphatic hydroxyl groups excluding tert-OH is 1. The summed E-state index contributed by atoms with van der Waals surface area (Å²) >= 11 is 1.61. The van der Waals surface area contributed by atoms with Crippen molar-refractivity contribution in [3.8, 4) is 10.6 Å². The molecule has 114 valence electrons. The smallest absolute Gasteiger partial charge is 0.123 e. The minimum absolute atomic E-state index is 0.423. The highest BCUT2D eigenvalue weighted by molar-refractivity contribution is 7.15. The first-order chi connectivity index (χ1) is 10.0. The van der Waals surface area contributed by atoms with Gasteiger partial charge in [0.15, 0.2) is 0 Å². The van der Waals surface area contributed by atoms with Crippen LogP contribution in [-0.2, 0) is 6.42 Å². The molecule has 0 bridgehead atoms. The molecule has 4 heteroatoms. The van der Waals surface area contributed by atoms with Crippen LogP contribution in [0.3, 0.4) is 0 Å². The normalized spacial score (nSPS) is 12.9. The number of hydrogen-bond acceptors (Lipinski definition) is 4. The fraction of sp³-hybridized carbons (Fsp3) is 0.471. The van der Waals surface area contributed by atoms with Crippen molar-refractivity contribution in [3.63, 3.8) is 0 Å². The summed E-state index contributed by atoms with van der Waals surface area (Å²) in [6.07, 6.45) is 1.36. The van der Waals surface area contributed by atoms with Crippen LogP contribution in [0.2, 0.25) is 0 Å². The Hall–Kier alpha value is -1.23. The summed E-state index contributed by atoms with van der Waals surface area (Å²) < 4.78 is 0. The van der Waals surface area contributed by atoms with E-state index in [1.165, 1.54) is 5.56 Å². The fourth-order valence-electron chi connectivity index (χ4n) is 2.24. The molecule has 0 radical (unpaired) electrons. The van der Waals surface area contributed by atoms with Crippen molar-refractivity contribution >= 4 is 11.3 Å². The van der Waals surface area contributed by atoms with E-state index in [1.807, 2.05) is 21.0 Å². The second-order valence-corrected chi connectivity index (χ2v) is 6.66. The van der Waals surface area contributed by atoms with Gasteiger partial charge in [-0.15, -0.1) is 11.3 Å². The molecule has 3 nitrogen and oxygen atoms in total. The van der Waals surface area contributed by atoms with Crippen LogP contribution in [0.25, 0.3) is 10.6 Å². The molecule has 1 aromatic carbocycles. The molecule has 0 saturated heterocycles. The lowest BCUT2D eigenvalue weighted by Gasteiger charge is -2.13. The van der Waals surface area contributed by atoms with Gasteiger partial charge in [0, 0.05) is 12.1 Å². The molecule has 1 heterocycles. The topological polar surface area (TPSA) is 36.4 Å². The van der Waals surface area contributed by atoms with Crippen LogP contribution < -0.4 is 0 Å². The molecule has 0 aliphatic heterocycles. The zero-order valence-electron chi connectivity index (χ0n) is 13.3. The summed E-state index contributed by atoms with van der Waals surface area (Å²) in [6.45, 7) is 5.01. The maximum Gasteiger partial charge on any atom is 0.123 e. The van der Waals surface area contributed by atoms with Crippen LogP contribution in [0.15, 0.2) is 24.3 Å². The van der Waals surface area contributed by atoms with E-state index in [1.54, 1.807) is 11.3 Å². The molecule has 1 unspecified atom stereocenters. The molecule has 0 spiro atoms. The van der Waals surface area contributed by atoms with E-state index in [2.05, 4.69) is 41.1 Å². The molecule has 2 aromatic rings. The predicted octanol–water partition coefficient (Wildman–Crippen LogP) is 3.67. The Morgan fingerprint density at radius 1 is 1.24 bits per heavy atom. The minimum Gasteiger partial charge on any atom is -0.387 e. The molecular formula is C17H24N2OS. The number of thiazole rings is 1. The fourth-order valence-corrected chi connectivity index (χ4v) is 3.33. The van der Waals surface area contributed by atoms with Crippen LogP contribution in [0.4, 0.5) is 0 Å². The Morgan fingerprint density at radius 3 is 2.48 bits per heavy atom. The number of hydrogen-bond donors (Lipinski definition) is 1. The van der Waals surface area contributed by atoms with Gasteiger partial charge in [0.05, 0.1) is 16.7 Å². The summed E-state index contributed by atoms with van der Waals surface area (Å²) in [5.74, 6) is 0. The van der Waals surface area contributed by atoms with Crippen LogP contribution in [0.5, 0.6) is 0 Å². The Balaban J connectivity index is 2.17. The van der Waals surface area contributed by atoms with Crippen molar-refractivity contribution in [2.24, 2.45) is 0 Å². The van der Waals surface area contributed by atoms with Crippen LogP contribution in [0.1, 0.15) is 35.6 Å². The first-order valence-corrected chi connectivity index (χ1v) is 8.22. The maximum absolute atomic E-state index is 10.3. The molecule has 0 aliphatic rings. The van der Waals surface area contributed by atoms with Gasteiger partial charge in [-0.1, -0.05) is 31.2 Å². The lowest BCUT2D eigenvalue weighted by atomic mass is 10.1. The molecule has 0 saturated carbocycles. The average Bonchev–Trinajstić information content (AvgIpc) is 2.87. The zero-order chi connectivity index (χ0) is 15.4. The summed E-state index contributed by atoms with van der Waals surface area (Å²) in [7, 11) is 4.04. The third-order valence-corrected chi connectivity index (χ3v) is 4.90. The van der Waals surface area contributed by atoms with Crippen LogP contribution in [-0.4, -0.2) is 35.6 Å². The number of nitrogens with zero attached hydrogens (tertiary/aromatic N) is 2. The van der Waals surface area contributed by atoms with E-state index < -0.39 is 6.10 Å². The Bertz CT molecular complexity index is 575. The molecular weight excluding hydrogens is 280 g/mol. The van der Waals surface area contributed by atoms with Crippen molar-refractivity contribution in [2.45, 2.75) is 32.8 Å². The van der Waals surface area contributed by atoms with Crippen molar-refractivity contribution in [1.82, 2.24) is 9.88 Å². The largest absolute Gasteiger partial charge is 0.387 e. The van der Waals surface area contributed by atoms with E-state index in [-0.39, 0.29) is 0 Å². The lowest BCUT2D eigenvalue weighted by Crippen LogP contribution is -2.15. The highest BCUT2D eigenvalue weighted by atomic mass is 32.1. The van der Waals surface area contributed by atoms with E-state index in [0.29, 0.717) is 0 Å². The van der Waals surface area contributed by atoms with Gasteiger partial charge in [-0.05, 0) is 39.4 Å². The van der Waals surface area contributed by atoms with E-state index >= 15 is 0 Å². The molecule has 1 N–H and O–H groups in total. The quantitative estimate of drug-likeness (QED) is 0.884. The molecule has 0 aliphatic carbocycles. The average molecular weight is 304 g/mol. The van der Waals surface area contributed by atoms with Gasteiger partial charge in [0.2, 0.25) is 0 Å². The van der Waals surface area contributed by atoms with Gasteiger partial charge in [-0.25, -0.2) is 4.98 Å². The van der Waals surface area contributed by atoms with Gasteiger partial charge in [-0.3, -0.25) is 0 Å². The van der Waals surface area contributed by atoms with Crippen LogP contribution >= 0.6 is 11.3 Å². The number of aryl methyl sites for hydroxylation is 2. The van der Waals surface area contributed by atoms with E-state index in [9.17, 15) is 5.11 Å². The number of aromatic nitrogens is 1. The number of benzene rings is 1. The predicted molar refractivity (Wildman–Crippen MR) is 89.8 cm³/mol. The molecule has 0 amide bonds. The van der Waals surface area contributed by atoms with Gasteiger partial charge >= 0.3 is 0 Å². The lowest BCUT2D eigenvalue weighted by molar-refractivity contribution is 0.157. The monoisotopic (exact) mass is 304 g/mol. The van der Waals surface area contributed by atoms with Crippen molar-refractivity contribution in [3.05, 3.63) is 40.4 Å². The summed E-state index contributed by atoms with van der Waals surface area (Å²) in [4.78, 5) is 7.71. The van der Waals surface area contributed by atoms with E-state index in [0.717, 1.165) is 40.5 Å².